The Morgan fingerprint density at radius 1 is 1.33 bits per heavy atom. The molecular formula is C15H14N4O2. The van der Waals surface area contributed by atoms with Crippen LogP contribution in [0.25, 0.3) is 16.6 Å². The summed E-state index contributed by atoms with van der Waals surface area (Å²) in [6.07, 6.45) is 1.67. The first-order chi connectivity index (χ1) is 10.2. The number of rotatable bonds is 3. The highest BCUT2D eigenvalue weighted by molar-refractivity contribution is 5.88. The largest absolute Gasteiger partial charge is 0.461 e. The Hall–Kier alpha value is -2.89. The highest BCUT2D eigenvalue weighted by Crippen LogP contribution is 2.19. The number of carbonyl (C=O) groups excluding carboxylic acids is 1. The molecule has 1 aromatic carbocycles. The molecule has 0 amide bonds. The van der Waals surface area contributed by atoms with Gasteiger partial charge >= 0.3 is 5.97 Å². The van der Waals surface area contributed by atoms with Crippen molar-refractivity contribution in [2.24, 2.45) is 0 Å². The van der Waals surface area contributed by atoms with Gasteiger partial charge in [0.2, 0.25) is 0 Å². The molecule has 0 unspecified atom stereocenters. The van der Waals surface area contributed by atoms with E-state index in [9.17, 15) is 4.79 Å². The number of ether oxygens (including phenoxy) is 1. The monoisotopic (exact) mass is 282 g/mol. The van der Waals surface area contributed by atoms with Crippen LogP contribution in [0.5, 0.6) is 0 Å². The van der Waals surface area contributed by atoms with Gasteiger partial charge in [0.15, 0.2) is 5.69 Å². The van der Waals surface area contributed by atoms with Gasteiger partial charge in [-0.2, -0.15) is 5.10 Å². The smallest absolute Gasteiger partial charge is 0.358 e. The summed E-state index contributed by atoms with van der Waals surface area (Å²) in [5.74, 6) is -0.133. The first kappa shape index (κ1) is 13.1. The molecule has 2 aromatic heterocycles. The number of para-hydroxylation sites is 1. The Morgan fingerprint density at radius 2 is 2.14 bits per heavy atom. The third-order valence-corrected chi connectivity index (χ3v) is 3.04. The van der Waals surface area contributed by atoms with Crippen LogP contribution >= 0.6 is 0 Å². The summed E-state index contributed by atoms with van der Waals surface area (Å²) in [4.78, 5) is 16.0. The van der Waals surface area contributed by atoms with Gasteiger partial charge in [0, 0.05) is 11.5 Å². The second-order valence-corrected chi connectivity index (χ2v) is 4.47. The van der Waals surface area contributed by atoms with E-state index in [4.69, 9.17) is 10.5 Å². The van der Waals surface area contributed by atoms with Crippen molar-refractivity contribution in [3.8, 4) is 5.69 Å². The van der Waals surface area contributed by atoms with Crippen LogP contribution in [0.3, 0.4) is 0 Å². The van der Waals surface area contributed by atoms with Crippen LogP contribution in [0, 0.1) is 0 Å². The number of hydrogen-bond acceptors (Lipinski definition) is 5. The predicted octanol–water partition coefficient (Wildman–Crippen LogP) is 2.18. The van der Waals surface area contributed by atoms with Gasteiger partial charge in [-0.15, -0.1) is 0 Å². The van der Waals surface area contributed by atoms with Crippen molar-refractivity contribution in [1.82, 2.24) is 14.8 Å². The fourth-order valence-corrected chi connectivity index (χ4v) is 2.08. The van der Waals surface area contributed by atoms with Crippen LogP contribution in [0.1, 0.15) is 17.4 Å². The summed E-state index contributed by atoms with van der Waals surface area (Å²) in [5, 5.41) is 5.16. The van der Waals surface area contributed by atoms with Gasteiger partial charge in [-0.1, -0.05) is 18.2 Å². The van der Waals surface area contributed by atoms with E-state index in [2.05, 4.69) is 10.1 Å². The van der Waals surface area contributed by atoms with Gasteiger partial charge in [-0.3, -0.25) is 4.98 Å². The third kappa shape index (κ3) is 2.43. The highest BCUT2D eigenvalue weighted by Gasteiger charge is 2.15. The number of pyridine rings is 1. The number of nitrogens with zero attached hydrogens (tertiary/aromatic N) is 3. The Balaban J connectivity index is 2.04. The molecule has 0 aliphatic rings. The summed E-state index contributed by atoms with van der Waals surface area (Å²) in [6, 6.07) is 11.2. The molecule has 0 radical (unpaired) electrons. The summed E-state index contributed by atoms with van der Waals surface area (Å²) in [6.45, 7) is 2.04. The summed E-state index contributed by atoms with van der Waals surface area (Å²) >= 11 is 0. The minimum atomic E-state index is -0.489. The minimum absolute atomic E-state index is 0.183. The minimum Gasteiger partial charge on any atom is -0.461 e. The SMILES string of the molecule is CCOC(=O)c1cc(N)n(-c2cnc3ccccc3c2)n1. The van der Waals surface area contributed by atoms with E-state index in [-0.39, 0.29) is 5.69 Å². The second-order valence-electron chi connectivity index (χ2n) is 4.47. The lowest BCUT2D eigenvalue weighted by atomic mass is 10.2. The molecule has 106 valence electrons. The molecule has 6 heteroatoms. The Kier molecular flexibility index (Phi) is 3.27. The molecule has 0 aliphatic carbocycles. The first-order valence-electron chi connectivity index (χ1n) is 6.57. The maximum Gasteiger partial charge on any atom is 0.358 e. The van der Waals surface area contributed by atoms with Crippen LogP contribution in [0.4, 0.5) is 5.82 Å². The van der Waals surface area contributed by atoms with Crippen LogP contribution < -0.4 is 5.73 Å². The average molecular weight is 282 g/mol. The summed E-state index contributed by atoms with van der Waals surface area (Å²) in [7, 11) is 0. The molecule has 0 aliphatic heterocycles. The van der Waals surface area contributed by atoms with Gasteiger partial charge < -0.3 is 10.5 Å². The number of esters is 1. The molecule has 0 saturated heterocycles. The van der Waals surface area contributed by atoms with Crippen molar-refractivity contribution in [1.29, 1.82) is 0 Å². The lowest BCUT2D eigenvalue weighted by Crippen LogP contribution is -2.07. The van der Waals surface area contributed by atoms with E-state index in [1.165, 1.54) is 10.7 Å². The number of fused-ring (bicyclic) bond motifs is 1. The summed E-state index contributed by atoms with van der Waals surface area (Å²) < 4.78 is 6.39. The molecule has 2 heterocycles. The van der Waals surface area contributed by atoms with Crippen LogP contribution in [-0.2, 0) is 4.74 Å². The first-order valence-corrected chi connectivity index (χ1v) is 6.57. The zero-order valence-electron chi connectivity index (χ0n) is 11.5. The molecule has 2 N–H and O–H groups in total. The maximum atomic E-state index is 11.7. The molecule has 6 nitrogen and oxygen atoms in total. The van der Waals surface area contributed by atoms with Crippen LogP contribution in [0.2, 0.25) is 0 Å². The molecule has 3 aromatic rings. The topological polar surface area (TPSA) is 83.0 Å². The molecule has 0 fully saturated rings. The fourth-order valence-electron chi connectivity index (χ4n) is 2.08. The van der Waals surface area contributed by atoms with Gasteiger partial charge in [-0.25, -0.2) is 9.48 Å². The van der Waals surface area contributed by atoms with E-state index in [1.807, 2.05) is 30.3 Å². The number of hydrogen-bond donors (Lipinski definition) is 1. The van der Waals surface area contributed by atoms with Crippen molar-refractivity contribution in [2.75, 3.05) is 12.3 Å². The van der Waals surface area contributed by atoms with E-state index in [1.54, 1.807) is 13.1 Å². The lowest BCUT2D eigenvalue weighted by molar-refractivity contribution is 0.0519. The zero-order valence-corrected chi connectivity index (χ0v) is 11.5. The predicted molar refractivity (Wildman–Crippen MR) is 79.2 cm³/mol. The number of carbonyl (C=O) groups is 1. The van der Waals surface area contributed by atoms with Crippen molar-refractivity contribution in [2.45, 2.75) is 6.92 Å². The van der Waals surface area contributed by atoms with E-state index < -0.39 is 5.97 Å². The Labute approximate surface area is 121 Å². The molecule has 0 spiro atoms. The molecule has 3 rings (SSSR count). The van der Waals surface area contributed by atoms with E-state index >= 15 is 0 Å². The van der Waals surface area contributed by atoms with Gasteiger partial charge in [0.05, 0.1) is 24.0 Å². The standard InChI is InChI=1S/C15H14N4O2/c1-2-21-15(20)13-8-14(16)19(18-13)11-7-10-5-3-4-6-12(10)17-9-11/h3-9H,2,16H2,1H3. The lowest BCUT2D eigenvalue weighted by Gasteiger charge is -2.05. The fraction of sp³-hybridized carbons (Fsp3) is 0.133. The Bertz CT molecular complexity index is 810. The quantitative estimate of drug-likeness (QED) is 0.744. The van der Waals surface area contributed by atoms with Gasteiger partial charge in [0.1, 0.15) is 5.82 Å². The van der Waals surface area contributed by atoms with E-state index in [0.29, 0.717) is 18.1 Å². The highest BCUT2D eigenvalue weighted by atomic mass is 16.5. The number of anilines is 1. The second kappa shape index (κ2) is 5.24. The molecule has 0 saturated carbocycles. The van der Waals surface area contributed by atoms with Crippen molar-refractivity contribution in [3.05, 3.63) is 48.3 Å². The zero-order chi connectivity index (χ0) is 14.8. The number of benzene rings is 1. The van der Waals surface area contributed by atoms with Gasteiger partial charge in [-0.05, 0) is 19.1 Å². The van der Waals surface area contributed by atoms with Crippen molar-refractivity contribution < 1.29 is 9.53 Å². The Morgan fingerprint density at radius 3 is 2.95 bits per heavy atom. The number of aromatic nitrogens is 3. The van der Waals surface area contributed by atoms with E-state index in [0.717, 1.165) is 10.9 Å². The molecule has 0 atom stereocenters. The van der Waals surface area contributed by atoms with Crippen molar-refractivity contribution >= 4 is 22.7 Å². The maximum absolute atomic E-state index is 11.7. The number of nitrogen functional groups attached to an aromatic ring is 1. The third-order valence-electron chi connectivity index (χ3n) is 3.04. The van der Waals surface area contributed by atoms with Gasteiger partial charge in [0.25, 0.3) is 0 Å². The summed E-state index contributed by atoms with van der Waals surface area (Å²) in [5.41, 5.74) is 7.68. The average Bonchev–Trinajstić information content (AvgIpc) is 2.89. The molecule has 0 bridgehead atoms. The van der Waals surface area contributed by atoms with Crippen molar-refractivity contribution in [3.63, 3.8) is 0 Å². The molecular weight excluding hydrogens is 268 g/mol. The van der Waals surface area contributed by atoms with Crippen LogP contribution in [-0.4, -0.2) is 27.3 Å². The van der Waals surface area contributed by atoms with Crippen LogP contribution in [0.15, 0.2) is 42.6 Å². The molecule has 21 heavy (non-hydrogen) atoms. The normalized spacial score (nSPS) is 10.7. The number of nitrogens with two attached hydrogens (primary N) is 1.